The van der Waals surface area contributed by atoms with Gasteiger partial charge in [-0.2, -0.15) is 0 Å². The summed E-state index contributed by atoms with van der Waals surface area (Å²) < 4.78 is 10.5. The first kappa shape index (κ1) is 16.2. The van der Waals surface area contributed by atoms with Crippen LogP contribution in [-0.2, 0) is 16.0 Å². The van der Waals surface area contributed by atoms with E-state index in [0.717, 1.165) is 17.5 Å². The molecule has 22 heavy (non-hydrogen) atoms. The summed E-state index contributed by atoms with van der Waals surface area (Å²) in [6, 6.07) is 7.86. The fraction of sp³-hybridized carbons (Fsp3) is 0.438. The SMILES string of the molecule is COCCCNC(=O)CCc1nnc(-c2cccc(C)c2)o1. The number of ether oxygens (including phenoxy) is 1. The molecule has 1 N–H and O–H groups in total. The van der Waals surface area contributed by atoms with E-state index in [2.05, 4.69) is 15.5 Å². The highest BCUT2D eigenvalue weighted by atomic mass is 16.5. The molecular formula is C16H21N3O3. The zero-order chi connectivity index (χ0) is 15.8. The minimum absolute atomic E-state index is 0.0218. The third-order valence-corrected chi connectivity index (χ3v) is 3.15. The van der Waals surface area contributed by atoms with Crippen LogP contribution in [0.3, 0.4) is 0 Å². The molecule has 0 spiro atoms. The molecule has 6 heteroatoms. The van der Waals surface area contributed by atoms with Gasteiger partial charge in [-0.25, -0.2) is 0 Å². The van der Waals surface area contributed by atoms with Gasteiger partial charge in [0.2, 0.25) is 17.7 Å². The van der Waals surface area contributed by atoms with Crippen LogP contribution in [0.1, 0.15) is 24.3 Å². The van der Waals surface area contributed by atoms with Crippen LogP contribution in [0, 0.1) is 6.92 Å². The molecule has 0 aliphatic heterocycles. The van der Waals surface area contributed by atoms with E-state index in [1.165, 1.54) is 0 Å². The lowest BCUT2D eigenvalue weighted by molar-refractivity contribution is -0.121. The van der Waals surface area contributed by atoms with Crippen LogP contribution in [0.15, 0.2) is 28.7 Å². The van der Waals surface area contributed by atoms with Gasteiger partial charge >= 0.3 is 0 Å². The Balaban J connectivity index is 1.81. The number of amides is 1. The second-order valence-corrected chi connectivity index (χ2v) is 5.07. The normalized spacial score (nSPS) is 10.6. The second-order valence-electron chi connectivity index (χ2n) is 5.07. The highest BCUT2D eigenvalue weighted by Gasteiger charge is 2.10. The molecule has 2 rings (SSSR count). The van der Waals surface area contributed by atoms with Crippen molar-refractivity contribution in [3.63, 3.8) is 0 Å². The molecule has 0 atom stereocenters. The number of carbonyl (C=O) groups is 1. The third-order valence-electron chi connectivity index (χ3n) is 3.15. The molecule has 0 bridgehead atoms. The highest BCUT2D eigenvalue weighted by molar-refractivity contribution is 5.75. The Kier molecular flexibility index (Phi) is 6.09. The van der Waals surface area contributed by atoms with Crippen LogP contribution in [0.5, 0.6) is 0 Å². The van der Waals surface area contributed by atoms with Gasteiger partial charge < -0.3 is 14.5 Å². The van der Waals surface area contributed by atoms with Gasteiger partial charge in [0.1, 0.15) is 0 Å². The van der Waals surface area contributed by atoms with Gasteiger partial charge in [0.15, 0.2) is 0 Å². The molecule has 2 aromatic rings. The van der Waals surface area contributed by atoms with Crippen molar-refractivity contribution in [2.75, 3.05) is 20.3 Å². The number of nitrogens with one attached hydrogen (secondary N) is 1. The lowest BCUT2D eigenvalue weighted by Gasteiger charge is -2.03. The number of aryl methyl sites for hydroxylation is 2. The average Bonchev–Trinajstić information content (AvgIpc) is 2.98. The quantitative estimate of drug-likeness (QED) is 0.756. The van der Waals surface area contributed by atoms with E-state index in [1.54, 1.807) is 7.11 Å². The molecule has 0 aliphatic rings. The summed E-state index contributed by atoms with van der Waals surface area (Å²) >= 11 is 0. The zero-order valence-corrected chi connectivity index (χ0v) is 13.0. The molecule has 0 saturated heterocycles. The third kappa shape index (κ3) is 4.96. The van der Waals surface area contributed by atoms with Gasteiger partial charge in [-0.15, -0.1) is 10.2 Å². The van der Waals surface area contributed by atoms with Crippen molar-refractivity contribution in [3.8, 4) is 11.5 Å². The number of aromatic nitrogens is 2. The number of rotatable bonds is 8. The van der Waals surface area contributed by atoms with Crippen molar-refractivity contribution in [1.82, 2.24) is 15.5 Å². The molecule has 0 unspecified atom stereocenters. The Morgan fingerprint density at radius 2 is 2.23 bits per heavy atom. The summed E-state index contributed by atoms with van der Waals surface area (Å²) in [6.45, 7) is 3.27. The van der Waals surface area contributed by atoms with Crippen LogP contribution >= 0.6 is 0 Å². The molecule has 118 valence electrons. The van der Waals surface area contributed by atoms with Gasteiger partial charge in [0.25, 0.3) is 0 Å². The fourth-order valence-electron chi connectivity index (χ4n) is 2.00. The predicted molar refractivity (Wildman–Crippen MR) is 82.3 cm³/mol. The molecule has 0 saturated carbocycles. The second kappa shape index (κ2) is 8.29. The van der Waals surface area contributed by atoms with Crippen LogP contribution in [0.4, 0.5) is 0 Å². The van der Waals surface area contributed by atoms with Crippen molar-refractivity contribution >= 4 is 5.91 Å². The predicted octanol–water partition coefficient (Wildman–Crippen LogP) is 2.13. The van der Waals surface area contributed by atoms with E-state index < -0.39 is 0 Å². The average molecular weight is 303 g/mol. The van der Waals surface area contributed by atoms with Crippen molar-refractivity contribution in [3.05, 3.63) is 35.7 Å². The van der Waals surface area contributed by atoms with Crippen molar-refractivity contribution in [2.24, 2.45) is 0 Å². The van der Waals surface area contributed by atoms with E-state index in [-0.39, 0.29) is 5.91 Å². The van der Waals surface area contributed by atoms with E-state index in [9.17, 15) is 4.79 Å². The van der Waals surface area contributed by atoms with Crippen LogP contribution in [0.25, 0.3) is 11.5 Å². The molecule has 1 heterocycles. The fourth-order valence-corrected chi connectivity index (χ4v) is 2.00. The van der Waals surface area contributed by atoms with Gasteiger partial charge in [-0.1, -0.05) is 17.7 Å². The lowest BCUT2D eigenvalue weighted by atomic mass is 10.1. The minimum atomic E-state index is -0.0218. The molecule has 1 aromatic carbocycles. The molecule has 0 radical (unpaired) electrons. The topological polar surface area (TPSA) is 77.2 Å². The van der Waals surface area contributed by atoms with Crippen molar-refractivity contribution in [1.29, 1.82) is 0 Å². The van der Waals surface area contributed by atoms with E-state index in [1.807, 2.05) is 31.2 Å². The van der Waals surface area contributed by atoms with Crippen molar-refractivity contribution in [2.45, 2.75) is 26.2 Å². The van der Waals surface area contributed by atoms with E-state index in [0.29, 0.717) is 37.8 Å². The number of methoxy groups -OCH3 is 1. The Labute approximate surface area is 129 Å². The first-order chi connectivity index (χ1) is 10.7. The monoisotopic (exact) mass is 303 g/mol. The summed E-state index contributed by atoms with van der Waals surface area (Å²) in [4.78, 5) is 11.7. The maximum absolute atomic E-state index is 11.7. The van der Waals surface area contributed by atoms with Crippen LogP contribution < -0.4 is 5.32 Å². The summed E-state index contributed by atoms with van der Waals surface area (Å²) in [5.74, 6) is 0.939. The Morgan fingerprint density at radius 3 is 3.00 bits per heavy atom. The van der Waals surface area contributed by atoms with Gasteiger partial charge in [0.05, 0.1) is 0 Å². The number of nitrogens with zero attached hydrogens (tertiary/aromatic N) is 2. The smallest absolute Gasteiger partial charge is 0.247 e. The molecule has 1 amide bonds. The molecule has 0 fully saturated rings. The molecule has 0 aliphatic carbocycles. The van der Waals surface area contributed by atoms with E-state index >= 15 is 0 Å². The number of hydrogen-bond acceptors (Lipinski definition) is 5. The van der Waals surface area contributed by atoms with Crippen LogP contribution in [0.2, 0.25) is 0 Å². The van der Waals surface area contributed by atoms with Crippen molar-refractivity contribution < 1.29 is 13.9 Å². The summed E-state index contributed by atoms with van der Waals surface area (Å²) in [5.41, 5.74) is 2.02. The first-order valence-corrected chi connectivity index (χ1v) is 7.34. The van der Waals surface area contributed by atoms with Gasteiger partial charge in [0, 0.05) is 38.7 Å². The highest BCUT2D eigenvalue weighted by Crippen LogP contribution is 2.19. The zero-order valence-electron chi connectivity index (χ0n) is 13.0. The Bertz CT molecular complexity index is 610. The van der Waals surface area contributed by atoms with Crippen LogP contribution in [-0.4, -0.2) is 36.4 Å². The lowest BCUT2D eigenvalue weighted by Crippen LogP contribution is -2.25. The first-order valence-electron chi connectivity index (χ1n) is 7.34. The Hall–Kier alpha value is -2.21. The number of hydrogen-bond donors (Lipinski definition) is 1. The minimum Gasteiger partial charge on any atom is -0.421 e. The maximum Gasteiger partial charge on any atom is 0.247 e. The molecular weight excluding hydrogens is 282 g/mol. The summed E-state index contributed by atoms with van der Waals surface area (Å²) in [6.07, 6.45) is 1.58. The summed E-state index contributed by atoms with van der Waals surface area (Å²) in [5, 5.41) is 10.8. The Morgan fingerprint density at radius 1 is 1.36 bits per heavy atom. The van der Waals surface area contributed by atoms with E-state index in [4.69, 9.17) is 9.15 Å². The summed E-state index contributed by atoms with van der Waals surface area (Å²) in [7, 11) is 1.64. The van der Waals surface area contributed by atoms with Gasteiger partial charge in [-0.05, 0) is 25.5 Å². The molecule has 1 aromatic heterocycles. The van der Waals surface area contributed by atoms with Gasteiger partial charge in [-0.3, -0.25) is 4.79 Å². The largest absolute Gasteiger partial charge is 0.421 e. The molecule has 6 nitrogen and oxygen atoms in total. The maximum atomic E-state index is 11.7. The standard InChI is InChI=1S/C16H21N3O3/c1-12-5-3-6-13(11-12)16-19-18-15(22-16)8-7-14(20)17-9-4-10-21-2/h3,5-6,11H,4,7-10H2,1-2H3,(H,17,20). The number of carbonyl (C=O) groups excluding carboxylic acids is 1. The number of benzene rings is 1.